The summed E-state index contributed by atoms with van der Waals surface area (Å²) in [5.41, 5.74) is 0.346. The Morgan fingerprint density at radius 1 is 1.80 bits per heavy atom. The first-order valence-electron chi connectivity index (χ1n) is 2.65. The second-order valence-electron chi connectivity index (χ2n) is 1.51. The summed E-state index contributed by atoms with van der Waals surface area (Å²) in [6, 6.07) is 1.85. The molecule has 0 saturated carbocycles. The molecule has 0 aliphatic heterocycles. The standard InChI is InChI=1S/C7H7BrN2/c1-3-7(8)10-5-6(2)4-9/h3,5H,2H2,1H3/b7-3-,10-5-. The average Bonchev–Trinajstić information content (AvgIpc) is 1.99. The molecule has 52 valence electrons. The Kier molecular flexibility index (Phi) is 4.51. The highest BCUT2D eigenvalue weighted by atomic mass is 79.9. The molecule has 0 aliphatic rings. The van der Waals surface area contributed by atoms with Crippen LogP contribution in [-0.2, 0) is 0 Å². The van der Waals surface area contributed by atoms with Crippen molar-refractivity contribution in [2.45, 2.75) is 6.92 Å². The van der Waals surface area contributed by atoms with Crippen molar-refractivity contribution < 1.29 is 0 Å². The summed E-state index contributed by atoms with van der Waals surface area (Å²) in [5.74, 6) is 0. The van der Waals surface area contributed by atoms with Crippen LogP contribution in [0.3, 0.4) is 0 Å². The van der Waals surface area contributed by atoms with Crippen molar-refractivity contribution in [2.24, 2.45) is 4.99 Å². The second-order valence-corrected chi connectivity index (χ2v) is 2.32. The summed E-state index contributed by atoms with van der Waals surface area (Å²) in [6.07, 6.45) is 3.19. The molecule has 0 saturated heterocycles. The van der Waals surface area contributed by atoms with E-state index in [4.69, 9.17) is 5.26 Å². The summed E-state index contributed by atoms with van der Waals surface area (Å²) >= 11 is 3.15. The number of rotatable bonds is 2. The zero-order chi connectivity index (χ0) is 7.98. The van der Waals surface area contributed by atoms with Crippen LogP contribution in [0.1, 0.15) is 6.92 Å². The minimum Gasteiger partial charge on any atom is -0.248 e. The zero-order valence-electron chi connectivity index (χ0n) is 5.63. The molecule has 0 radical (unpaired) electrons. The molecule has 10 heavy (non-hydrogen) atoms. The van der Waals surface area contributed by atoms with Gasteiger partial charge in [0, 0.05) is 6.21 Å². The van der Waals surface area contributed by atoms with Gasteiger partial charge in [0.25, 0.3) is 0 Å². The van der Waals surface area contributed by atoms with Crippen LogP contribution in [0.25, 0.3) is 0 Å². The van der Waals surface area contributed by atoms with E-state index < -0.39 is 0 Å². The molecule has 0 unspecified atom stereocenters. The fraction of sp³-hybridized carbons (Fsp3) is 0.143. The molecule has 0 rings (SSSR count). The topological polar surface area (TPSA) is 36.1 Å². The van der Waals surface area contributed by atoms with Gasteiger partial charge in [-0.1, -0.05) is 12.7 Å². The SMILES string of the molecule is C=C(C#N)/C=N\C(Br)=C/C. The van der Waals surface area contributed by atoms with E-state index in [1.54, 1.807) is 6.08 Å². The number of nitriles is 1. The number of halogens is 1. The number of hydrogen-bond acceptors (Lipinski definition) is 2. The highest BCUT2D eigenvalue weighted by Crippen LogP contribution is 2.04. The monoisotopic (exact) mass is 198 g/mol. The third-order valence-corrected chi connectivity index (χ3v) is 1.39. The van der Waals surface area contributed by atoms with Crippen molar-refractivity contribution in [2.75, 3.05) is 0 Å². The lowest BCUT2D eigenvalue weighted by molar-refractivity contribution is 1.49. The molecule has 0 N–H and O–H groups in total. The first kappa shape index (κ1) is 9.12. The van der Waals surface area contributed by atoms with E-state index in [1.165, 1.54) is 6.21 Å². The second kappa shape index (κ2) is 4.95. The smallest absolute Gasteiger partial charge is 0.101 e. The van der Waals surface area contributed by atoms with Gasteiger partial charge >= 0.3 is 0 Å². The van der Waals surface area contributed by atoms with Crippen molar-refractivity contribution in [1.29, 1.82) is 5.26 Å². The van der Waals surface area contributed by atoms with Crippen molar-refractivity contribution in [3.05, 3.63) is 22.8 Å². The average molecular weight is 199 g/mol. The molecule has 3 heteroatoms. The Morgan fingerprint density at radius 2 is 2.40 bits per heavy atom. The predicted octanol–water partition coefficient (Wildman–Crippen LogP) is 2.39. The van der Waals surface area contributed by atoms with Gasteiger partial charge in [-0.25, -0.2) is 4.99 Å². The Morgan fingerprint density at radius 3 is 2.80 bits per heavy atom. The van der Waals surface area contributed by atoms with Gasteiger partial charge in [-0.2, -0.15) is 5.26 Å². The lowest BCUT2D eigenvalue weighted by Crippen LogP contribution is -1.75. The summed E-state index contributed by atoms with van der Waals surface area (Å²) < 4.78 is 0.698. The van der Waals surface area contributed by atoms with Crippen molar-refractivity contribution in [3.63, 3.8) is 0 Å². The Labute approximate surface area is 68.7 Å². The highest BCUT2D eigenvalue weighted by Gasteiger charge is 1.83. The van der Waals surface area contributed by atoms with Crippen LogP contribution in [-0.4, -0.2) is 6.21 Å². The number of allylic oxidation sites excluding steroid dienone is 2. The fourth-order valence-corrected chi connectivity index (χ4v) is 0.345. The van der Waals surface area contributed by atoms with E-state index >= 15 is 0 Å². The van der Waals surface area contributed by atoms with Crippen LogP contribution in [0.2, 0.25) is 0 Å². The Balaban J connectivity index is 4.04. The Hall–Kier alpha value is -0.880. The summed E-state index contributed by atoms with van der Waals surface area (Å²) in [4.78, 5) is 3.84. The molecule has 0 heterocycles. The van der Waals surface area contributed by atoms with Crippen molar-refractivity contribution in [3.8, 4) is 6.07 Å². The van der Waals surface area contributed by atoms with Gasteiger partial charge in [-0.15, -0.1) is 0 Å². The number of hydrogen-bond donors (Lipinski definition) is 0. The van der Waals surface area contributed by atoms with E-state index in [2.05, 4.69) is 27.5 Å². The van der Waals surface area contributed by atoms with Gasteiger partial charge < -0.3 is 0 Å². The molecule has 0 atom stereocenters. The largest absolute Gasteiger partial charge is 0.248 e. The fourth-order valence-electron chi connectivity index (χ4n) is 0.243. The molecule has 0 amide bonds. The first-order valence-corrected chi connectivity index (χ1v) is 3.45. The van der Waals surface area contributed by atoms with Gasteiger partial charge in [0.2, 0.25) is 0 Å². The first-order chi connectivity index (χ1) is 4.70. The van der Waals surface area contributed by atoms with Crippen LogP contribution in [0.15, 0.2) is 27.8 Å². The third-order valence-electron chi connectivity index (χ3n) is 0.726. The van der Waals surface area contributed by atoms with E-state index in [-0.39, 0.29) is 0 Å². The molecule has 0 spiro atoms. The molecule has 0 fully saturated rings. The normalized spacial score (nSPS) is 11.5. The van der Waals surface area contributed by atoms with Gasteiger partial charge in [0.05, 0.1) is 5.57 Å². The zero-order valence-corrected chi connectivity index (χ0v) is 7.22. The van der Waals surface area contributed by atoms with Gasteiger partial charge in [-0.05, 0) is 22.9 Å². The third kappa shape index (κ3) is 4.04. The lowest BCUT2D eigenvalue weighted by atomic mass is 10.4. The van der Waals surface area contributed by atoms with Crippen LogP contribution in [0, 0.1) is 11.3 Å². The number of nitrogens with zero attached hydrogens (tertiary/aromatic N) is 2. The van der Waals surface area contributed by atoms with E-state index in [9.17, 15) is 0 Å². The van der Waals surface area contributed by atoms with Gasteiger partial charge in [0.1, 0.15) is 10.7 Å². The van der Waals surface area contributed by atoms with Gasteiger partial charge in [0.15, 0.2) is 0 Å². The molecule has 2 nitrogen and oxygen atoms in total. The van der Waals surface area contributed by atoms with E-state index in [0.717, 1.165) is 0 Å². The maximum absolute atomic E-state index is 8.24. The molecular weight excluding hydrogens is 192 g/mol. The van der Waals surface area contributed by atoms with Crippen molar-refractivity contribution in [1.82, 2.24) is 0 Å². The van der Waals surface area contributed by atoms with Crippen LogP contribution >= 0.6 is 15.9 Å². The Bertz CT molecular complexity index is 220. The number of aliphatic imine (C=N–C) groups is 1. The molecule has 0 aromatic carbocycles. The van der Waals surface area contributed by atoms with E-state index in [0.29, 0.717) is 10.2 Å². The maximum atomic E-state index is 8.24. The van der Waals surface area contributed by atoms with Crippen LogP contribution < -0.4 is 0 Å². The molecule has 0 aliphatic carbocycles. The molecule has 0 aromatic heterocycles. The van der Waals surface area contributed by atoms with Crippen LogP contribution in [0.5, 0.6) is 0 Å². The summed E-state index contributed by atoms with van der Waals surface area (Å²) in [7, 11) is 0. The highest BCUT2D eigenvalue weighted by molar-refractivity contribution is 9.11. The lowest BCUT2D eigenvalue weighted by Gasteiger charge is -1.83. The molecule has 0 aromatic rings. The maximum Gasteiger partial charge on any atom is 0.101 e. The quantitative estimate of drug-likeness (QED) is 0.382. The van der Waals surface area contributed by atoms with Crippen LogP contribution in [0.4, 0.5) is 0 Å². The minimum atomic E-state index is 0.346. The summed E-state index contributed by atoms with van der Waals surface area (Å²) in [6.45, 7) is 5.26. The van der Waals surface area contributed by atoms with Gasteiger partial charge in [-0.3, -0.25) is 0 Å². The molecular formula is C7H7BrN2. The summed E-state index contributed by atoms with van der Waals surface area (Å²) in [5, 5.41) is 8.24. The minimum absolute atomic E-state index is 0.346. The van der Waals surface area contributed by atoms with Crippen molar-refractivity contribution >= 4 is 22.1 Å². The van der Waals surface area contributed by atoms with E-state index in [1.807, 2.05) is 13.0 Å². The predicted molar refractivity (Wildman–Crippen MR) is 45.9 cm³/mol. The molecule has 0 bridgehead atoms.